The Morgan fingerprint density at radius 2 is 1.68 bits per heavy atom. The molecule has 0 aliphatic rings. The van der Waals surface area contributed by atoms with Crippen LogP contribution in [-0.4, -0.2) is 35.1 Å². The number of aromatic nitrogens is 2. The van der Waals surface area contributed by atoms with Gasteiger partial charge in [-0.2, -0.15) is 0 Å². The third-order valence-corrected chi connectivity index (χ3v) is 7.08. The Labute approximate surface area is 206 Å². The summed E-state index contributed by atoms with van der Waals surface area (Å²) >= 11 is 2.94. The standard InChI is InChI=1S/C26H24N2O4S2/c1-3-31-22(29)14-18-15-33-26(27-18)34-16-21-24(25(30)32-4-2)23(17-10-6-5-7-11-17)19-12-8-9-13-20(19)28-21/h5-13,15H,3-4,14,16H2,1-2H3. The summed E-state index contributed by atoms with van der Waals surface area (Å²) in [5, 5.41) is 2.76. The minimum absolute atomic E-state index is 0.144. The number of benzene rings is 2. The number of thioether (sulfide) groups is 1. The molecule has 0 radical (unpaired) electrons. The van der Waals surface area contributed by atoms with Crippen LogP contribution in [0.1, 0.15) is 35.6 Å². The molecule has 34 heavy (non-hydrogen) atoms. The second-order valence-corrected chi connectivity index (χ2v) is 9.37. The van der Waals surface area contributed by atoms with Gasteiger partial charge in [-0.05, 0) is 25.5 Å². The number of para-hydroxylation sites is 1. The summed E-state index contributed by atoms with van der Waals surface area (Å²) < 4.78 is 11.2. The monoisotopic (exact) mass is 492 g/mol. The van der Waals surface area contributed by atoms with E-state index < -0.39 is 5.97 Å². The summed E-state index contributed by atoms with van der Waals surface area (Å²) in [5.41, 5.74) is 4.36. The average Bonchev–Trinajstić information content (AvgIpc) is 3.29. The van der Waals surface area contributed by atoms with Crippen LogP contribution in [-0.2, 0) is 26.4 Å². The largest absolute Gasteiger partial charge is 0.466 e. The first-order chi connectivity index (χ1) is 16.6. The SMILES string of the molecule is CCOC(=O)Cc1csc(SCc2nc3ccccc3c(-c3ccccc3)c2C(=O)OCC)n1. The van der Waals surface area contributed by atoms with Crippen molar-refractivity contribution in [3.05, 3.63) is 76.9 Å². The van der Waals surface area contributed by atoms with E-state index in [0.29, 0.717) is 29.3 Å². The summed E-state index contributed by atoms with van der Waals surface area (Å²) in [6, 6.07) is 17.6. The van der Waals surface area contributed by atoms with Gasteiger partial charge in [0.05, 0.1) is 42.1 Å². The van der Waals surface area contributed by atoms with Crippen LogP contribution < -0.4 is 0 Å². The van der Waals surface area contributed by atoms with Gasteiger partial charge in [-0.25, -0.2) is 9.78 Å². The van der Waals surface area contributed by atoms with Crippen LogP contribution in [0.3, 0.4) is 0 Å². The maximum absolute atomic E-state index is 13.2. The normalized spacial score (nSPS) is 10.9. The zero-order chi connectivity index (χ0) is 23.9. The van der Waals surface area contributed by atoms with Crippen molar-refractivity contribution < 1.29 is 19.1 Å². The van der Waals surface area contributed by atoms with E-state index in [9.17, 15) is 9.59 Å². The van der Waals surface area contributed by atoms with E-state index in [4.69, 9.17) is 14.5 Å². The molecule has 2 aromatic carbocycles. The fourth-order valence-electron chi connectivity index (χ4n) is 3.62. The molecule has 0 aliphatic carbocycles. The Bertz CT molecular complexity index is 1300. The Kier molecular flexibility index (Phi) is 7.92. The Balaban J connectivity index is 1.72. The van der Waals surface area contributed by atoms with Crippen molar-refractivity contribution in [2.24, 2.45) is 0 Å². The fourth-order valence-corrected chi connectivity index (χ4v) is 5.41. The second kappa shape index (κ2) is 11.3. The summed E-state index contributed by atoms with van der Waals surface area (Å²) in [7, 11) is 0. The first-order valence-corrected chi connectivity index (χ1v) is 12.8. The summed E-state index contributed by atoms with van der Waals surface area (Å²) in [5.74, 6) is -0.250. The van der Waals surface area contributed by atoms with Gasteiger partial charge in [-0.1, -0.05) is 60.3 Å². The number of hydrogen-bond acceptors (Lipinski definition) is 8. The lowest BCUT2D eigenvalue weighted by Crippen LogP contribution is -2.12. The maximum Gasteiger partial charge on any atom is 0.340 e. The molecule has 0 aliphatic heterocycles. The van der Waals surface area contributed by atoms with Crippen LogP contribution in [0.5, 0.6) is 0 Å². The number of thiazole rings is 1. The number of carbonyl (C=O) groups is 2. The third-order valence-electron chi connectivity index (χ3n) is 5.00. The summed E-state index contributed by atoms with van der Waals surface area (Å²) in [4.78, 5) is 34.3. The quantitative estimate of drug-likeness (QED) is 0.212. The van der Waals surface area contributed by atoms with Gasteiger partial charge in [-0.3, -0.25) is 9.78 Å². The van der Waals surface area contributed by atoms with Crippen molar-refractivity contribution in [1.29, 1.82) is 0 Å². The molecule has 0 unspecified atom stereocenters. The number of pyridine rings is 1. The first-order valence-electron chi connectivity index (χ1n) is 11.0. The van der Waals surface area contributed by atoms with E-state index in [2.05, 4.69) is 4.98 Å². The van der Waals surface area contributed by atoms with Gasteiger partial charge >= 0.3 is 11.9 Å². The van der Waals surface area contributed by atoms with Gasteiger partial charge < -0.3 is 9.47 Å². The number of ether oxygens (including phenoxy) is 2. The first kappa shape index (κ1) is 23.9. The van der Waals surface area contributed by atoms with Crippen molar-refractivity contribution in [3.63, 3.8) is 0 Å². The minimum Gasteiger partial charge on any atom is -0.466 e. The molecule has 0 spiro atoms. The molecule has 4 rings (SSSR count). The van der Waals surface area contributed by atoms with Crippen LogP contribution in [0, 0.1) is 0 Å². The lowest BCUT2D eigenvalue weighted by molar-refractivity contribution is -0.142. The van der Waals surface area contributed by atoms with Crippen LogP contribution in [0.2, 0.25) is 0 Å². The van der Waals surface area contributed by atoms with Crippen molar-refractivity contribution in [2.45, 2.75) is 30.4 Å². The average molecular weight is 493 g/mol. The van der Waals surface area contributed by atoms with Crippen molar-refractivity contribution in [3.8, 4) is 11.1 Å². The van der Waals surface area contributed by atoms with Crippen LogP contribution in [0.4, 0.5) is 0 Å². The van der Waals surface area contributed by atoms with Crippen LogP contribution >= 0.6 is 23.1 Å². The molecule has 174 valence electrons. The highest BCUT2D eigenvalue weighted by Crippen LogP contribution is 2.36. The van der Waals surface area contributed by atoms with E-state index in [1.54, 1.807) is 13.8 Å². The Morgan fingerprint density at radius 1 is 0.941 bits per heavy atom. The zero-order valence-electron chi connectivity index (χ0n) is 18.9. The smallest absolute Gasteiger partial charge is 0.340 e. The summed E-state index contributed by atoms with van der Waals surface area (Å²) in [6.45, 7) is 4.19. The van der Waals surface area contributed by atoms with Crippen molar-refractivity contribution in [2.75, 3.05) is 13.2 Å². The molecule has 0 amide bonds. The topological polar surface area (TPSA) is 78.4 Å². The number of hydrogen-bond donors (Lipinski definition) is 0. The van der Waals surface area contributed by atoms with E-state index in [-0.39, 0.29) is 19.0 Å². The molecular weight excluding hydrogens is 468 g/mol. The molecule has 4 aromatic rings. The number of rotatable bonds is 9. The molecule has 0 saturated carbocycles. The van der Waals surface area contributed by atoms with Gasteiger partial charge in [0.2, 0.25) is 0 Å². The molecule has 0 fully saturated rings. The highest BCUT2D eigenvalue weighted by molar-refractivity contribution is 8.00. The molecule has 2 aromatic heterocycles. The molecule has 0 atom stereocenters. The van der Waals surface area contributed by atoms with Crippen molar-refractivity contribution in [1.82, 2.24) is 9.97 Å². The summed E-state index contributed by atoms with van der Waals surface area (Å²) in [6.07, 6.45) is 0.144. The van der Waals surface area contributed by atoms with E-state index in [0.717, 1.165) is 26.4 Å². The van der Waals surface area contributed by atoms with Gasteiger partial charge in [-0.15, -0.1) is 11.3 Å². The van der Waals surface area contributed by atoms with E-state index >= 15 is 0 Å². The van der Waals surface area contributed by atoms with Gasteiger partial charge in [0.25, 0.3) is 0 Å². The predicted molar refractivity (Wildman–Crippen MR) is 135 cm³/mol. The Hall–Kier alpha value is -3.23. The lowest BCUT2D eigenvalue weighted by atomic mass is 9.94. The Morgan fingerprint density at radius 3 is 2.44 bits per heavy atom. The van der Waals surface area contributed by atoms with Gasteiger partial charge in [0.1, 0.15) is 0 Å². The number of fused-ring (bicyclic) bond motifs is 1. The number of carbonyl (C=O) groups excluding carboxylic acids is 2. The second-order valence-electron chi connectivity index (χ2n) is 7.29. The fraction of sp³-hybridized carbons (Fsp3) is 0.231. The van der Waals surface area contributed by atoms with Crippen LogP contribution in [0.15, 0.2) is 64.3 Å². The van der Waals surface area contributed by atoms with Crippen LogP contribution in [0.25, 0.3) is 22.0 Å². The molecule has 6 nitrogen and oxygen atoms in total. The van der Waals surface area contributed by atoms with Crippen molar-refractivity contribution >= 4 is 45.9 Å². The highest BCUT2D eigenvalue weighted by Gasteiger charge is 2.23. The predicted octanol–water partition coefficient (Wildman–Crippen LogP) is 5.93. The molecule has 0 bridgehead atoms. The highest BCUT2D eigenvalue weighted by atomic mass is 32.2. The molecular formula is C26H24N2O4S2. The molecule has 0 N–H and O–H groups in total. The number of esters is 2. The molecule has 0 saturated heterocycles. The lowest BCUT2D eigenvalue weighted by Gasteiger charge is -2.16. The molecule has 8 heteroatoms. The minimum atomic E-state index is -0.391. The zero-order valence-corrected chi connectivity index (χ0v) is 20.6. The number of nitrogens with zero attached hydrogens (tertiary/aromatic N) is 2. The van der Waals surface area contributed by atoms with Gasteiger partial charge in [0.15, 0.2) is 4.34 Å². The molecule has 2 heterocycles. The third kappa shape index (κ3) is 5.46. The van der Waals surface area contributed by atoms with E-state index in [1.165, 1.54) is 23.1 Å². The van der Waals surface area contributed by atoms with E-state index in [1.807, 2.05) is 60.0 Å². The van der Waals surface area contributed by atoms with Gasteiger partial charge in [0, 0.05) is 22.1 Å². The maximum atomic E-state index is 13.2.